The summed E-state index contributed by atoms with van der Waals surface area (Å²) in [6.07, 6.45) is 1.88. The van der Waals surface area contributed by atoms with Gasteiger partial charge in [0.1, 0.15) is 17.4 Å². The molecule has 0 radical (unpaired) electrons. The number of sulfonamides is 1. The minimum Gasteiger partial charge on any atom is -0.506 e. The summed E-state index contributed by atoms with van der Waals surface area (Å²) in [7, 11) is -1.80. The number of rotatable bonds is 4. The number of nitrogens with zero attached hydrogens (tertiary/aromatic N) is 4. The molecule has 1 fully saturated rings. The van der Waals surface area contributed by atoms with Gasteiger partial charge in [-0.3, -0.25) is 0 Å². The fraction of sp³-hybridized carbons (Fsp3) is 0.304. The topological polar surface area (TPSA) is 99.2 Å². The number of aliphatic hydroxyl groups excluding tert-OH is 1. The van der Waals surface area contributed by atoms with Crippen molar-refractivity contribution in [1.82, 2.24) is 13.9 Å². The van der Waals surface area contributed by atoms with Gasteiger partial charge in [0, 0.05) is 25.7 Å². The van der Waals surface area contributed by atoms with Gasteiger partial charge < -0.3 is 9.67 Å². The van der Waals surface area contributed by atoms with Crippen molar-refractivity contribution in [3.63, 3.8) is 0 Å². The van der Waals surface area contributed by atoms with Crippen LogP contribution in [-0.2, 0) is 17.1 Å². The molecule has 8 heteroatoms. The maximum atomic E-state index is 13.0. The normalized spacial score (nSPS) is 18.5. The average molecular weight is 437 g/mol. The van der Waals surface area contributed by atoms with Crippen LogP contribution in [0.2, 0.25) is 0 Å². The summed E-state index contributed by atoms with van der Waals surface area (Å²) in [6, 6.07) is 15.5. The van der Waals surface area contributed by atoms with E-state index in [1.807, 2.05) is 30.3 Å². The molecule has 2 aromatic carbocycles. The quantitative estimate of drug-likeness (QED) is 0.493. The molecule has 0 bridgehead atoms. The van der Waals surface area contributed by atoms with Crippen LogP contribution >= 0.6 is 0 Å². The van der Waals surface area contributed by atoms with Gasteiger partial charge in [-0.1, -0.05) is 19.1 Å². The van der Waals surface area contributed by atoms with Gasteiger partial charge in [0.15, 0.2) is 5.82 Å². The Balaban J connectivity index is 1.69. The lowest BCUT2D eigenvalue weighted by Gasteiger charge is -2.30. The van der Waals surface area contributed by atoms with Gasteiger partial charge in [0.25, 0.3) is 0 Å². The molecule has 1 unspecified atom stereocenters. The summed E-state index contributed by atoms with van der Waals surface area (Å²) in [5.74, 6) is 0.443. The largest absolute Gasteiger partial charge is 0.506 e. The molecule has 0 amide bonds. The third-order valence-electron chi connectivity index (χ3n) is 5.74. The highest BCUT2D eigenvalue weighted by atomic mass is 32.2. The van der Waals surface area contributed by atoms with Crippen molar-refractivity contribution >= 4 is 32.4 Å². The van der Waals surface area contributed by atoms with E-state index < -0.39 is 10.0 Å². The number of aliphatic hydroxyl groups is 1. The molecule has 3 aromatic rings. The van der Waals surface area contributed by atoms with E-state index in [-0.39, 0.29) is 16.2 Å². The third kappa shape index (κ3) is 3.82. The molecule has 1 aliphatic rings. The molecule has 1 N–H and O–H groups in total. The first kappa shape index (κ1) is 21.1. The number of benzene rings is 2. The van der Waals surface area contributed by atoms with Crippen LogP contribution in [0.25, 0.3) is 22.4 Å². The fourth-order valence-corrected chi connectivity index (χ4v) is 5.62. The molecule has 1 saturated heterocycles. The molecule has 1 aromatic heterocycles. The molecule has 0 saturated carbocycles. The Hall–Kier alpha value is -3.15. The van der Waals surface area contributed by atoms with Crippen molar-refractivity contribution in [2.45, 2.75) is 24.7 Å². The maximum absolute atomic E-state index is 13.0. The summed E-state index contributed by atoms with van der Waals surface area (Å²) < 4.78 is 29.2. The number of piperidine rings is 1. The second-order valence-electron chi connectivity index (χ2n) is 7.95. The Morgan fingerprint density at radius 1 is 1.19 bits per heavy atom. The first-order valence-corrected chi connectivity index (χ1v) is 11.6. The Kier molecular flexibility index (Phi) is 5.56. The highest BCUT2D eigenvalue weighted by molar-refractivity contribution is 7.89. The number of fused-ring (bicyclic) bond motifs is 1. The second kappa shape index (κ2) is 8.17. The van der Waals surface area contributed by atoms with Gasteiger partial charge in [-0.15, -0.1) is 0 Å². The van der Waals surface area contributed by atoms with Crippen LogP contribution in [0, 0.1) is 17.2 Å². The van der Waals surface area contributed by atoms with E-state index >= 15 is 0 Å². The molecule has 1 aliphatic heterocycles. The molecule has 7 nitrogen and oxygen atoms in total. The number of para-hydroxylation sites is 2. The number of hydrogen-bond donors (Lipinski definition) is 1. The molecular weight excluding hydrogens is 412 g/mol. The van der Waals surface area contributed by atoms with Gasteiger partial charge in [0.05, 0.1) is 15.9 Å². The second-order valence-corrected chi connectivity index (χ2v) is 9.89. The van der Waals surface area contributed by atoms with Gasteiger partial charge in [0.2, 0.25) is 10.0 Å². The van der Waals surface area contributed by atoms with Gasteiger partial charge in [-0.05, 0) is 55.2 Å². The SMILES string of the molecule is CC1CCCN(S(=O)(=O)c2ccc(/C(O)=C(\C#N)c3nc4ccccc4n3C)cc2)C1. The van der Waals surface area contributed by atoms with Crippen LogP contribution in [0.4, 0.5) is 0 Å². The van der Waals surface area contributed by atoms with Crippen LogP contribution in [0.3, 0.4) is 0 Å². The van der Waals surface area contributed by atoms with Crippen molar-refractivity contribution in [1.29, 1.82) is 5.26 Å². The van der Waals surface area contributed by atoms with Crippen LogP contribution in [-0.4, -0.2) is 40.5 Å². The number of nitriles is 1. The van der Waals surface area contributed by atoms with Crippen LogP contribution in [0.5, 0.6) is 0 Å². The summed E-state index contributed by atoms with van der Waals surface area (Å²) in [5.41, 5.74) is 1.95. The van der Waals surface area contributed by atoms with Crippen molar-refractivity contribution in [3.8, 4) is 6.07 Å². The number of imidazole rings is 1. The smallest absolute Gasteiger partial charge is 0.243 e. The lowest BCUT2D eigenvalue weighted by atomic mass is 10.0. The van der Waals surface area contributed by atoms with Crippen molar-refractivity contribution < 1.29 is 13.5 Å². The maximum Gasteiger partial charge on any atom is 0.243 e. The molecule has 31 heavy (non-hydrogen) atoms. The zero-order chi connectivity index (χ0) is 22.2. The third-order valence-corrected chi connectivity index (χ3v) is 7.62. The van der Waals surface area contributed by atoms with Crippen LogP contribution < -0.4 is 0 Å². The molecule has 2 heterocycles. The van der Waals surface area contributed by atoms with Crippen molar-refractivity contribution in [2.24, 2.45) is 13.0 Å². The predicted octanol–water partition coefficient (Wildman–Crippen LogP) is 3.94. The van der Waals surface area contributed by atoms with E-state index in [0.29, 0.717) is 30.4 Å². The predicted molar refractivity (Wildman–Crippen MR) is 119 cm³/mol. The minimum absolute atomic E-state index is 0.0270. The van der Waals surface area contributed by atoms with Crippen LogP contribution in [0.1, 0.15) is 31.2 Å². The van der Waals surface area contributed by atoms with E-state index in [1.165, 1.54) is 28.6 Å². The standard InChI is InChI=1S/C23H24N4O3S/c1-16-6-5-13-27(15-16)31(29,30)18-11-9-17(10-12-18)22(28)19(14-24)23-25-20-7-3-4-8-21(20)26(23)2/h3-4,7-12,16,28H,5-6,13,15H2,1-2H3/b22-19-. The monoisotopic (exact) mass is 436 g/mol. The van der Waals surface area contributed by atoms with Crippen molar-refractivity contribution in [2.75, 3.05) is 13.1 Å². The zero-order valence-corrected chi connectivity index (χ0v) is 18.3. The first-order valence-electron chi connectivity index (χ1n) is 10.2. The number of allylic oxidation sites excluding steroid dienone is 1. The van der Waals surface area contributed by atoms with Gasteiger partial charge >= 0.3 is 0 Å². The van der Waals surface area contributed by atoms with Crippen molar-refractivity contribution in [3.05, 3.63) is 59.9 Å². The number of hydrogen-bond acceptors (Lipinski definition) is 5. The Morgan fingerprint density at radius 3 is 2.55 bits per heavy atom. The van der Waals surface area contributed by atoms with E-state index in [0.717, 1.165) is 23.9 Å². The fourth-order valence-electron chi connectivity index (χ4n) is 4.02. The van der Waals surface area contributed by atoms with E-state index in [4.69, 9.17) is 0 Å². The lowest BCUT2D eigenvalue weighted by Crippen LogP contribution is -2.39. The summed E-state index contributed by atoms with van der Waals surface area (Å²) in [5, 5.41) is 20.5. The van der Waals surface area contributed by atoms with E-state index in [1.54, 1.807) is 11.6 Å². The Bertz CT molecular complexity index is 1300. The average Bonchev–Trinajstić information content (AvgIpc) is 3.11. The zero-order valence-electron chi connectivity index (χ0n) is 17.5. The molecule has 160 valence electrons. The Morgan fingerprint density at radius 2 is 1.90 bits per heavy atom. The molecule has 4 rings (SSSR count). The highest BCUT2D eigenvalue weighted by Gasteiger charge is 2.28. The molecular formula is C23H24N4O3S. The number of aryl methyl sites for hydroxylation is 1. The number of aromatic nitrogens is 2. The summed E-state index contributed by atoms with van der Waals surface area (Å²) >= 11 is 0. The lowest BCUT2D eigenvalue weighted by molar-refractivity contribution is 0.281. The van der Waals surface area contributed by atoms with E-state index in [9.17, 15) is 18.8 Å². The van der Waals surface area contributed by atoms with Gasteiger partial charge in [-0.2, -0.15) is 9.57 Å². The Labute approximate surface area is 181 Å². The minimum atomic E-state index is -3.59. The molecule has 1 atom stereocenters. The molecule has 0 spiro atoms. The summed E-state index contributed by atoms with van der Waals surface area (Å²) in [6.45, 7) is 3.09. The van der Waals surface area contributed by atoms with Crippen LogP contribution in [0.15, 0.2) is 53.4 Å². The van der Waals surface area contributed by atoms with Gasteiger partial charge in [-0.25, -0.2) is 13.4 Å². The van der Waals surface area contributed by atoms with E-state index in [2.05, 4.69) is 11.9 Å². The molecule has 0 aliphatic carbocycles. The highest BCUT2D eigenvalue weighted by Crippen LogP contribution is 2.28. The first-order chi connectivity index (χ1) is 14.8. The summed E-state index contributed by atoms with van der Waals surface area (Å²) in [4.78, 5) is 4.66.